The molecule has 1 amide bonds. The highest BCUT2D eigenvalue weighted by Crippen LogP contribution is 2.33. The minimum absolute atomic E-state index is 0.113. The second-order valence-electron chi connectivity index (χ2n) is 8.37. The Morgan fingerprint density at radius 3 is 2.46 bits per heavy atom. The van der Waals surface area contributed by atoms with E-state index < -0.39 is 11.7 Å². The number of hydrogen-bond acceptors (Lipinski definition) is 6. The monoisotopic (exact) mass is 497 g/mol. The molecule has 0 saturated carbocycles. The summed E-state index contributed by atoms with van der Waals surface area (Å²) in [5.41, 5.74) is 1.88. The largest absolute Gasteiger partial charge is 0.416 e. The van der Waals surface area contributed by atoms with Gasteiger partial charge in [0.1, 0.15) is 17.0 Å². The molecule has 0 bridgehead atoms. The van der Waals surface area contributed by atoms with Gasteiger partial charge in [0, 0.05) is 37.6 Å². The molecule has 2 aromatic heterocycles. The number of nitrogens with zero attached hydrogens (tertiary/aromatic N) is 4. The molecule has 1 fully saturated rings. The van der Waals surface area contributed by atoms with E-state index in [4.69, 9.17) is 0 Å². The van der Waals surface area contributed by atoms with Gasteiger partial charge < -0.3 is 15.1 Å². The van der Waals surface area contributed by atoms with Gasteiger partial charge in [-0.3, -0.25) is 4.79 Å². The Balaban J connectivity index is 1.29. The highest BCUT2D eigenvalue weighted by Gasteiger charge is 2.31. The molecule has 6 nitrogen and oxygen atoms in total. The Bertz CT molecular complexity index is 1360. The van der Waals surface area contributed by atoms with Gasteiger partial charge in [-0.2, -0.15) is 13.2 Å². The molecule has 180 valence electrons. The first-order valence-electron chi connectivity index (χ1n) is 11.1. The third kappa shape index (κ3) is 4.93. The van der Waals surface area contributed by atoms with E-state index >= 15 is 0 Å². The average Bonchev–Trinajstić information content (AvgIpc) is 3.30. The second-order valence-corrected chi connectivity index (χ2v) is 9.40. The molecule has 4 aromatic rings. The molecule has 1 aliphatic heterocycles. The molecule has 0 aliphatic carbocycles. The summed E-state index contributed by atoms with van der Waals surface area (Å²) in [4.78, 5) is 26.7. The van der Waals surface area contributed by atoms with E-state index in [0.717, 1.165) is 28.8 Å². The van der Waals surface area contributed by atoms with E-state index in [0.29, 0.717) is 47.4 Å². The van der Waals surface area contributed by atoms with Crippen LogP contribution in [-0.2, 0) is 6.18 Å². The van der Waals surface area contributed by atoms with Gasteiger partial charge in [-0.05, 0) is 43.3 Å². The number of aromatic nitrogens is 2. The number of piperazine rings is 1. The van der Waals surface area contributed by atoms with Crippen molar-refractivity contribution in [2.45, 2.75) is 13.1 Å². The zero-order valence-corrected chi connectivity index (χ0v) is 19.7. The van der Waals surface area contributed by atoms with Crippen LogP contribution in [0.1, 0.15) is 20.8 Å². The highest BCUT2D eigenvalue weighted by molar-refractivity contribution is 7.20. The fourth-order valence-corrected chi connectivity index (χ4v) is 5.00. The molecule has 3 heterocycles. The third-order valence-corrected chi connectivity index (χ3v) is 6.99. The van der Waals surface area contributed by atoms with Crippen LogP contribution in [0.4, 0.5) is 30.4 Å². The molecule has 0 spiro atoms. The lowest BCUT2D eigenvalue weighted by molar-refractivity contribution is -0.137. The molecule has 1 aliphatic rings. The van der Waals surface area contributed by atoms with Crippen molar-refractivity contribution in [1.29, 1.82) is 0 Å². The summed E-state index contributed by atoms with van der Waals surface area (Å²) in [7, 11) is 0. The SMILES string of the molecule is Cc1ccc(Nc2ncnc3sc(C(=O)N4CCN(c5cccc(C(F)(F)F)c5)CC4)cc23)cc1. The summed E-state index contributed by atoms with van der Waals surface area (Å²) in [6, 6.07) is 15.0. The molecule has 0 atom stereocenters. The van der Waals surface area contributed by atoms with Gasteiger partial charge in [-0.25, -0.2) is 9.97 Å². The zero-order valence-electron chi connectivity index (χ0n) is 18.8. The second kappa shape index (κ2) is 9.18. The normalized spacial score (nSPS) is 14.4. The van der Waals surface area contributed by atoms with E-state index in [2.05, 4.69) is 15.3 Å². The van der Waals surface area contributed by atoms with Crippen molar-refractivity contribution in [2.75, 3.05) is 36.4 Å². The van der Waals surface area contributed by atoms with Crippen LogP contribution in [0, 0.1) is 6.92 Å². The van der Waals surface area contributed by atoms with E-state index in [-0.39, 0.29) is 5.91 Å². The van der Waals surface area contributed by atoms with Crippen LogP contribution in [0.3, 0.4) is 0 Å². The summed E-state index contributed by atoms with van der Waals surface area (Å²) in [6.07, 6.45) is -2.91. The van der Waals surface area contributed by atoms with Crippen LogP contribution in [0.5, 0.6) is 0 Å². The molecule has 5 rings (SSSR count). The van der Waals surface area contributed by atoms with E-state index in [1.165, 1.54) is 23.7 Å². The van der Waals surface area contributed by atoms with E-state index in [1.807, 2.05) is 36.1 Å². The molecular formula is C25H22F3N5OS. The summed E-state index contributed by atoms with van der Waals surface area (Å²) in [5.74, 6) is 0.515. The third-order valence-electron chi connectivity index (χ3n) is 5.96. The highest BCUT2D eigenvalue weighted by atomic mass is 32.1. The lowest BCUT2D eigenvalue weighted by atomic mass is 10.1. The fraction of sp³-hybridized carbons (Fsp3) is 0.240. The maximum atomic E-state index is 13.2. The number of amides is 1. The van der Waals surface area contributed by atoms with Gasteiger partial charge >= 0.3 is 6.18 Å². The Morgan fingerprint density at radius 1 is 1.00 bits per heavy atom. The number of alkyl halides is 3. The summed E-state index contributed by atoms with van der Waals surface area (Å²) >= 11 is 1.31. The summed E-state index contributed by atoms with van der Waals surface area (Å²) in [5, 5.41) is 4.06. The first-order chi connectivity index (χ1) is 16.8. The molecule has 10 heteroatoms. The standard InChI is InChI=1S/C25H22F3N5OS/c1-16-5-7-18(8-6-16)31-22-20-14-21(35-23(20)30-15-29-22)24(34)33-11-9-32(10-12-33)19-4-2-3-17(13-19)25(26,27)28/h2-8,13-15H,9-12H2,1H3,(H,29,30,31). The quantitative estimate of drug-likeness (QED) is 0.391. The number of carbonyl (C=O) groups excluding carboxylic acids is 1. The van der Waals surface area contributed by atoms with Gasteiger partial charge in [-0.15, -0.1) is 11.3 Å². The molecular weight excluding hydrogens is 475 g/mol. The first-order valence-corrected chi connectivity index (χ1v) is 11.9. The Labute approximate surface area is 204 Å². The van der Waals surface area contributed by atoms with Crippen LogP contribution in [-0.4, -0.2) is 47.0 Å². The van der Waals surface area contributed by atoms with E-state index in [1.54, 1.807) is 17.0 Å². The van der Waals surface area contributed by atoms with Crippen LogP contribution >= 0.6 is 11.3 Å². The smallest absolute Gasteiger partial charge is 0.368 e. The van der Waals surface area contributed by atoms with Gasteiger partial charge in [0.05, 0.1) is 15.8 Å². The number of fused-ring (bicyclic) bond motifs is 1. The number of hydrogen-bond donors (Lipinski definition) is 1. The van der Waals surface area contributed by atoms with Crippen molar-refractivity contribution in [3.63, 3.8) is 0 Å². The Morgan fingerprint density at radius 2 is 1.74 bits per heavy atom. The maximum Gasteiger partial charge on any atom is 0.416 e. The Kier molecular flexibility index (Phi) is 6.06. The summed E-state index contributed by atoms with van der Waals surface area (Å²) in [6.45, 7) is 3.77. The van der Waals surface area contributed by atoms with Crippen LogP contribution in [0.15, 0.2) is 60.9 Å². The van der Waals surface area contributed by atoms with Crippen molar-refractivity contribution in [1.82, 2.24) is 14.9 Å². The van der Waals surface area contributed by atoms with Crippen LogP contribution < -0.4 is 10.2 Å². The van der Waals surface area contributed by atoms with Crippen molar-refractivity contribution in [2.24, 2.45) is 0 Å². The lowest BCUT2D eigenvalue weighted by Crippen LogP contribution is -2.48. The molecule has 2 aromatic carbocycles. The minimum atomic E-state index is -4.38. The van der Waals surface area contributed by atoms with Gasteiger partial charge in [0.25, 0.3) is 5.91 Å². The fourth-order valence-electron chi connectivity index (χ4n) is 4.04. The number of carbonyl (C=O) groups is 1. The minimum Gasteiger partial charge on any atom is -0.368 e. The molecule has 35 heavy (non-hydrogen) atoms. The lowest BCUT2D eigenvalue weighted by Gasteiger charge is -2.36. The summed E-state index contributed by atoms with van der Waals surface area (Å²) < 4.78 is 39.2. The molecule has 1 saturated heterocycles. The van der Waals surface area contributed by atoms with Gasteiger partial charge in [0.15, 0.2) is 0 Å². The molecule has 0 radical (unpaired) electrons. The van der Waals surface area contributed by atoms with Crippen LogP contribution in [0.2, 0.25) is 0 Å². The number of aryl methyl sites for hydroxylation is 1. The number of halogens is 3. The predicted octanol–water partition coefficient (Wildman–Crippen LogP) is 5.72. The topological polar surface area (TPSA) is 61.4 Å². The van der Waals surface area contributed by atoms with E-state index in [9.17, 15) is 18.0 Å². The van der Waals surface area contributed by atoms with Crippen molar-refractivity contribution in [3.8, 4) is 0 Å². The number of thiophene rings is 1. The average molecular weight is 498 g/mol. The number of nitrogens with one attached hydrogen (secondary N) is 1. The number of benzene rings is 2. The zero-order chi connectivity index (χ0) is 24.6. The molecule has 0 unspecified atom stereocenters. The van der Waals surface area contributed by atoms with Crippen LogP contribution in [0.25, 0.3) is 10.2 Å². The number of rotatable bonds is 4. The van der Waals surface area contributed by atoms with Crippen molar-refractivity contribution >= 4 is 44.7 Å². The van der Waals surface area contributed by atoms with Gasteiger partial charge in [-0.1, -0.05) is 23.8 Å². The first kappa shape index (κ1) is 23.1. The van der Waals surface area contributed by atoms with Crippen molar-refractivity contribution < 1.29 is 18.0 Å². The van der Waals surface area contributed by atoms with Gasteiger partial charge in [0.2, 0.25) is 0 Å². The van der Waals surface area contributed by atoms with Crippen molar-refractivity contribution in [3.05, 3.63) is 76.9 Å². The number of anilines is 3. The predicted molar refractivity (Wildman–Crippen MR) is 131 cm³/mol. The molecule has 1 N–H and O–H groups in total. The Hall–Kier alpha value is -3.66. The maximum absolute atomic E-state index is 13.2.